The molecule has 0 saturated carbocycles. The lowest BCUT2D eigenvalue weighted by Gasteiger charge is -2.17. The average molecular weight is 371 g/mol. The number of ketones is 1. The topological polar surface area (TPSA) is 73.9 Å². The molecule has 144 valence electrons. The molecule has 2 aromatic rings. The van der Waals surface area contributed by atoms with Crippen LogP contribution in [0.4, 0.5) is 0 Å². The van der Waals surface area contributed by atoms with Crippen LogP contribution in [0, 0.1) is 0 Å². The summed E-state index contributed by atoms with van der Waals surface area (Å²) in [6.07, 6.45) is -0.0496. The van der Waals surface area contributed by atoms with Gasteiger partial charge in [-0.15, -0.1) is 0 Å². The summed E-state index contributed by atoms with van der Waals surface area (Å²) in [6.45, 7) is 3.58. The van der Waals surface area contributed by atoms with Crippen molar-refractivity contribution in [1.82, 2.24) is 5.32 Å². The summed E-state index contributed by atoms with van der Waals surface area (Å²) >= 11 is 0. The van der Waals surface area contributed by atoms with E-state index in [1.54, 1.807) is 32.2 Å². The molecule has 1 amide bonds. The van der Waals surface area contributed by atoms with Gasteiger partial charge in [-0.1, -0.05) is 12.1 Å². The number of ether oxygens (including phenoxy) is 3. The van der Waals surface area contributed by atoms with E-state index in [-0.39, 0.29) is 11.7 Å². The molecular weight excluding hydrogens is 346 g/mol. The van der Waals surface area contributed by atoms with Crippen LogP contribution in [0.2, 0.25) is 0 Å². The first kappa shape index (κ1) is 20.3. The molecule has 0 saturated heterocycles. The molecule has 1 N–H and O–H groups in total. The summed E-state index contributed by atoms with van der Waals surface area (Å²) in [4.78, 5) is 24.1. The molecule has 6 nitrogen and oxygen atoms in total. The van der Waals surface area contributed by atoms with Gasteiger partial charge in [-0.25, -0.2) is 0 Å². The molecular formula is C21H25NO5. The Kier molecular flexibility index (Phi) is 7.23. The second-order valence-corrected chi connectivity index (χ2v) is 6.07. The Bertz CT molecular complexity index is 786. The number of carbonyl (C=O) groups is 2. The van der Waals surface area contributed by atoms with Gasteiger partial charge in [0.25, 0.3) is 5.91 Å². The van der Waals surface area contributed by atoms with Gasteiger partial charge in [-0.2, -0.15) is 0 Å². The van der Waals surface area contributed by atoms with Crippen LogP contribution in [0.15, 0.2) is 42.5 Å². The Morgan fingerprint density at radius 3 is 2.22 bits per heavy atom. The van der Waals surface area contributed by atoms with Gasteiger partial charge in [0.15, 0.2) is 11.9 Å². The Hall–Kier alpha value is -3.02. The number of hydrogen-bond donors (Lipinski definition) is 1. The summed E-state index contributed by atoms with van der Waals surface area (Å²) in [6, 6.07) is 12.6. The van der Waals surface area contributed by atoms with E-state index < -0.39 is 6.10 Å². The fourth-order valence-electron chi connectivity index (χ4n) is 2.53. The lowest BCUT2D eigenvalue weighted by Crippen LogP contribution is -2.37. The molecule has 1 atom stereocenters. The van der Waals surface area contributed by atoms with E-state index in [1.807, 2.05) is 24.3 Å². The molecule has 0 aliphatic carbocycles. The first-order valence-corrected chi connectivity index (χ1v) is 8.71. The van der Waals surface area contributed by atoms with Gasteiger partial charge >= 0.3 is 0 Å². The molecule has 1 unspecified atom stereocenters. The van der Waals surface area contributed by atoms with Gasteiger partial charge < -0.3 is 19.5 Å². The Balaban J connectivity index is 1.92. The SMILES string of the molecule is COc1ccc(CCNC(=O)C(C)Oc2cc(OC)ccc2C(C)=O)cc1. The van der Waals surface area contributed by atoms with Gasteiger partial charge in [-0.05, 0) is 50.1 Å². The molecule has 2 rings (SSSR count). The minimum atomic E-state index is -0.744. The molecule has 0 aromatic heterocycles. The largest absolute Gasteiger partial charge is 0.497 e. The molecule has 0 radical (unpaired) electrons. The first-order valence-electron chi connectivity index (χ1n) is 8.71. The maximum absolute atomic E-state index is 12.3. The number of hydrogen-bond acceptors (Lipinski definition) is 5. The van der Waals surface area contributed by atoms with Crippen molar-refractivity contribution in [2.75, 3.05) is 20.8 Å². The molecule has 0 aliphatic heterocycles. The average Bonchev–Trinajstić information content (AvgIpc) is 2.68. The lowest BCUT2D eigenvalue weighted by atomic mass is 10.1. The van der Waals surface area contributed by atoms with Crippen molar-refractivity contribution in [1.29, 1.82) is 0 Å². The monoisotopic (exact) mass is 371 g/mol. The zero-order chi connectivity index (χ0) is 19.8. The molecule has 27 heavy (non-hydrogen) atoms. The van der Waals surface area contributed by atoms with E-state index in [0.717, 1.165) is 11.3 Å². The fourth-order valence-corrected chi connectivity index (χ4v) is 2.53. The number of methoxy groups -OCH3 is 2. The fraction of sp³-hybridized carbons (Fsp3) is 0.333. The smallest absolute Gasteiger partial charge is 0.260 e. The predicted molar refractivity (Wildman–Crippen MR) is 103 cm³/mol. The number of amides is 1. The summed E-state index contributed by atoms with van der Waals surface area (Å²) in [5, 5.41) is 2.85. The molecule has 0 bridgehead atoms. The quantitative estimate of drug-likeness (QED) is 0.686. The van der Waals surface area contributed by atoms with Gasteiger partial charge in [-0.3, -0.25) is 9.59 Å². The number of nitrogens with one attached hydrogen (secondary N) is 1. The van der Waals surface area contributed by atoms with Crippen molar-refractivity contribution >= 4 is 11.7 Å². The minimum absolute atomic E-state index is 0.139. The third kappa shape index (κ3) is 5.74. The summed E-state index contributed by atoms with van der Waals surface area (Å²) in [5.41, 5.74) is 1.50. The van der Waals surface area contributed by atoms with Crippen LogP contribution in [0.3, 0.4) is 0 Å². The van der Waals surface area contributed by atoms with E-state index in [9.17, 15) is 9.59 Å². The summed E-state index contributed by atoms with van der Waals surface area (Å²) in [7, 11) is 3.15. The number of carbonyl (C=O) groups excluding carboxylic acids is 2. The van der Waals surface area contributed by atoms with Crippen LogP contribution in [0.5, 0.6) is 17.2 Å². The van der Waals surface area contributed by atoms with Crippen LogP contribution >= 0.6 is 0 Å². The van der Waals surface area contributed by atoms with E-state index in [4.69, 9.17) is 14.2 Å². The molecule has 0 spiro atoms. The van der Waals surface area contributed by atoms with E-state index >= 15 is 0 Å². The van der Waals surface area contributed by atoms with Gasteiger partial charge in [0.2, 0.25) is 0 Å². The Morgan fingerprint density at radius 1 is 1.00 bits per heavy atom. The Morgan fingerprint density at radius 2 is 1.63 bits per heavy atom. The second-order valence-electron chi connectivity index (χ2n) is 6.07. The van der Waals surface area contributed by atoms with E-state index in [1.165, 1.54) is 14.0 Å². The van der Waals surface area contributed by atoms with Gasteiger partial charge in [0.05, 0.1) is 19.8 Å². The number of rotatable bonds is 9. The third-order valence-electron chi connectivity index (χ3n) is 4.11. The lowest BCUT2D eigenvalue weighted by molar-refractivity contribution is -0.127. The van der Waals surface area contributed by atoms with Crippen molar-refractivity contribution < 1.29 is 23.8 Å². The first-order chi connectivity index (χ1) is 12.9. The summed E-state index contributed by atoms with van der Waals surface area (Å²) in [5.74, 6) is 1.30. The zero-order valence-corrected chi connectivity index (χ0v) is 16.1. The van der Waals surface area contributed by atoms with E-state index in [0.29, 0.717) is 30.0 Å². The van der Waals surface area contributed by atoms with Gasteiger partial charge in [0.1, 0.15) is 17.2 Å². The molecule has 6 heteroatoms. The van der Waals surface area contributed by atoms with Crippen LogP contribution < -0.4 is 19.5 Å². The second kappa shape index (κ2) is 9.62. The number of Topliss-reactive ketones (excluding diaryl/α,β-unsaturated/α-hetero) is 1. The van der Waals surface area contributed by atoms with Crippen molar-refractivity contribution in [2.24, 2.45) is 0 Å². The third-order valence-corrected chi connectivity index (χ3v) is 4.11. The number of benzene rings is 2. The van der Waals surface area contributed by atoms with Crippen LogP contribution in [-0.2, 0) is 11.2 Å². The predicted octanol–water partition coefficient (Wildman–Crippen LogP) is 3.03. The molecule has 2 aromatic carbocycles. The standard InChI is InChI=1S/C21H25NO5/c1-14(23)19-10-9-18(26-4)13-20(19)27-15(2)21(24)22-12-11-16-5-7-17(25-3)8-6-16/h5-10,13,15H,11-12H2,1-4H3,(H,22,24). The maximum atomic E-state index is 12.3. The van der Waals surface area contributed by atoms with Gasteiger partial charge in [0, 0.05) is 12.6 Å². The highest BCUT2D eigenvalue weighted by Crippen LogP contribution is 2.26. The van der Waals surface area contributed by atoms with Crippen LogP contribution in [0.1, 0.15) is 29.8 Å². The zero-order valence-electron chi connectivity index (χ0n) is 16.1. The molecule has 0 heterocycles. The van der Waals surface area contributed by atoms with Crippen LogP contribution in [-0.4, -0.2) is 38.6 Å². The molecule has 0 aliphatic rings. The highest BCUT2D eigenvalue weighted by molar-refractivity contribution is 5.97. The molecule has 0 fully saturated rings. The van der Waals surface area contributed by atoms with Crippen molar-refractivity contribution in [3.05, 3.63) is 53.6 Å². The summed E-state index contributed by atoms with van der Waals surface area (Å²) < 4.78 is 16.0. The minimum Gasteiger partial charge on any atom is -0.497 e. The van der Waals surface area contributed by atoms with Crippen molar-refractivity contribution in [3.8, 4) is 17.2 Å². The Labute approximate surface area is 159 Å². The highest BCUT2D eigenvalue weighted by Gasteiger charge is 2.18. The van der Waals surface area contributed by atoms with Crippen molar-refractivity contribution in [2.45, 2.75) is 26.4 Å². The highest BCUT2D eigenvalue weighted by atomic mass is 16.5. The van der Waals surface area contributed by atoms with E-state index in [2.05, 4.69) is 5.32 Å². The normalized spacial score (nSPS) is 11.4. The van der Waals surface area contributed by atoms with Crippen molar-refractivity contribution in [3.63, 3.8) is 0 Å². The maximum Gasteiger partial charge on any atom is 0.260 e. The van der Waals surface area contributed by atoms with Crippen LogP contribution in [0.25, 0.3) is 0 Å².